The van der Waals surface area contributed by atoms with Crippen LogP contribution < -0.4 is 5.73 Å². The largest absolute Gasteiger partial charge is 0.387 e. The van der Waals surface area contributed by atoms with E-state index in [-0.39, 0.29) is 5.82 Å². The number of aliphatic hydroxyl groups excluding tert-OH is 1. The molecule has 4 heteroatoms. The Hall–Kier alpha value is -1.23. The Bertz CT molecular complexity index is 676. The molecule has 3 rings (SSSR count). The zero-order chi connectivity index (χ0) is 15.0. The molecule has 0 radical (unpaired) electrons. The summed E-state index contributed by atoms with van der Waals surface area (Å²) in [6.07, 6.45) is 0.943. The van der Waals surface area contributed by atoms with Gasteiger partial charge in [0.2, 0.25) is 0 Å². The highest BCUT2D eigenvalue weighted by atomic mass is 79.9. The summed E-state index contributed by atoms with van der Waals surface area (Å²) in [6, 6.07) is 12.5. The van der Waals surface area contributed by atoms with E-state index in [9.17, 15) is 9.50 Å². The van der Waals surface area contributed by atoms with Gasteiger partial charge in [-0.25, -0.2) is 4.39 Å². The Balaban J connectivity index is 2.09. The van der Waals surface area contributed by atoms with Gasteiger partial charge < -0.3 is 10.8 Å². The predicted molar refractivity (Wildman–Crippen MR) is 84.6 cm³/mol. The summed E-state index contributed by atoms with van der Waals surface area (Å²) in [4.78, 5) is 0. The number of aryl methyl sites for hydroxylation is 1. The molecule has 2 aromatic carbocycles. The highest BCUT2D eigenvalue weighted by molar-refractivity contribution is 9.10. The first-order valence-electron chi connectivity index (χ1n) is 7.00. The highest BCUT2D eigenvalue weighted by Gasteiger charge is 2.44. The SMILES string of the molecule is NCC1(C(O)c2ccc(F)cc2Br)CCc2ccccc21. The molecule has 1 aliphatic carbocycles. The maximum absolute atomic E-state index is 13.3. The van der Waals surface area contributed by atoms with Gasteiger partial charge in [-0.15, -0.1) is 0 Å². The molecule has 3 N–H and O–H groups in total. The van der Waals surface area contributed by atoms with E-state index in [1.54, 1.807) is 6.07 Å². The standard InChI is InChI=1S/C17H17BrFNO/c18-15-9-12(19)5-6-13(15)16(21)17(10-20)8-7-11-3-1-2-4-14(11)17/h1-6,9,16,21H,7-8,10,20H2. The number of aliphatic hydroxyl groups is 1. The number of rotatable bonds is 3. The van der Waals surface area contributed by atoms with Gasteiger partial charge in [0.1, 0.15) is 5.82 Å². The first kappa shape index (κ1) is 14.7. The molecule has 0 aromatic heterocycles. The summed E-state index contributed by atoms with van der Waals surface area (Å²) in [5.74, 6) is -0.327. The molecule has 1 aliphatic rings. The van der Waals surface area contributed by atoms with E-state index in [4.69, 9.17) is 5.73 Å². The number of halogens is 2. The maximum atomic E-state index is 13.3. The highest BCUT2D eigenvalue weighted by Crippen LogP contribution is 2.47. The fourth-order valence-electron chi connectivity index (χ4n) is 3.35. The lowest BCUT2D eigenvalue weighted by atomic mass is 9.74. The summed E-state index contributed by atoms with van der Waals surface area (Å²) in [6.45, 7) is 0.356. The van der Waals surface area contributed by atoms with Crippen molar-refractivity contribution in [3.05, 3.63) is 69.4 Å². The van der Waals surface area contributed by atoms with Crippen LogP contribution in [0, 0.1) is 5.82 Å². The molecule has 2 unspecified atom stereocenters. The molecular formula is C17H17BrFNO. The fourth-order valence-corrected chi connectivity index (χ4v) is 3.91. The molecule has 2 nitrogen and oxygen atoms in total. The van der Waals surface area contributed by atoms with E-state index < -0.39 is 11.5 Å². The topological polar surface area (TPSA) is 46.2 Å². The Labute approximate surface area is 131 Å². The van der Waals surface area contributed by atoms with Gasteiger partial charge in [-0.1, -0.05) is 46.3 Å². The molecule has 0 spiro atoms. The molecule has 0 fully saturated rings. The van der Waals surface area contributed by atoms with Crippen molar-refractivity contribution in [1.29, 1.82) is 0 Å². The molecular weight excluding hydrogens is 333 g/mol. The van der Waals surface area contributed by atoms with Gasteiger partial charge in [-0.3, -0.25) is 0 Å². The van der Waals surface area contributed by atoms with Crippen LogP contribution in [0.4, 0.5) is 4.39 Å². The number of hydrogen-bond donors (Lipinski definition) is 2. The first-order chi connectivity index (χ1) is 10.1. The summed E-state index contributed by atoms with van der Waals surface area (Å²) in [5, 5.41) is 11.0. The van der Waals surface area contributed by atoms with Gasteiger partial charge in [-0.2, -0.15) is 0 Å². The third-order valence-electron chi connectivity index (χ3n) is 4.54. The van der Waals surface area contributed by atoms with E-state index in [0.29, 0.717) is 16.6 Å². The van der Waals surface area contributed by atoms with Crippen LogP contribution in [0.2, 0.25) is 0 Å². The van der Waals surface area contributed by atoms with E-state index in [0.717, 1.165) is 18.4 Å². The number of benzene rings is 2. The molecule has 0 amide bonds. The molecule has 2 aromatic rings. The van der Waals surface area contributed by atoms with Crippen LogP contribution in [0.15, 0.2) is 46.9 Å². The van der Waals surface area contributed by atoms with Crippen LogP contribution >= 0.6 is 15.9 Å². The van der Waals surface area contributed by atoms with E-state index in [1.165, 1.54) is 17.7 Å². The Morgan fingerprint density at radius 2 is 2.05 bits per heavy atom. The van der Waals surface area contributed by atoms with Gasteiger partial charge in [0.15, 0.2) is 0 Å². The van der Waals surface area contributed by atoms with Gasteiger partial charge in [0, 0.05) is 16.4 Å². The van der Waals surface area contributed by atoms with Crippen molar-refractivity contribution in [3.8, 4) is 0 Å². The lowest BCUT2D eigenvalue weighted by Crippen LogP contribution is -2.39. The zero-order valence-corrected chi connectivity index (χ0v) is 13.1. The molecule has 110 valence electrons. The van der Waals surface area contributed by atoms with E-state index in [2.05, 4.69) is 22.0 Å². The maximum Gasteiger partial charge on any atom is 0.124 e. The number of hydrogen-bond acceptors (Lipinski definition) is 2. The quantitative estimate of drug-likeness (QED) is 0.891. The average Bonchev–Trinajstić information content (AvgIpc) is 2.87. The summed E-state index contributed by atoms with van der Waals surface area (Å²) in [5.41, 5.74) is 8.57. The second-order valence-corrected chi connectivity index (χ2v) is 6.44. The minimum absolute atomic E-state index is 0.327. The lowest BCUT2D eigenvalue weighted by molar-refractivity contribution is 0.0833. The van der Waals surface area contributed by atoms with Crippen LogP contribution in [0.1, 0.15) is 29.2 Å². The Morgan fingerprint density at radius 3 is 2.76 bits per heavy atom. The van der Waals surface area contributed by atoms with Gasteiger partial charge in [0.25, 0.3) is 0 Å². The summed E-state index contributed by atoms with van der Waals surface area (Å²) in [7, 11) is 0. The third-order valence-corrected chi connectivity index (χ3v) is 5.23. The van der Waals surface area contributed by atoms with Crippen molar-refractivity contribution in [2.75, 3.05) is 6.54 Å². The molecule has 21 heavy (non-hydrogen) atoms. The van der Waals surface area contributed by atoms with E-state index >= 15 is 0 Å². The van der Waals surface area contributed by atoms with Crippen molar-refractivity contribution in [2.45, 2.75) is 24.4 Å². The minimum atomic E-state index is -0.763. The van der Waals surface area contributed by atoms with Crippen LogP contribution in [-0.4, -0.2) is 11.7 Å². The third kappa shape index (κ3) is 2.31. The van der Waals surface area contributed by atoms with Crippen molar-refractivity contribution in [3.63, 3.8) is 0 Å². The van der Waals surface area contributed by atoms with Crippen molar-refractivity contribution < 1.29 is 9.50 Å². The lowest BCUT2D eigenvalue weighted by Gasteiger charge is -2.35. The smallest absolute Gasteiger partial charge is 0.124 e. The van der Waals surface area contributed by atoms with Crippen LogP contribution in [-0.2, 0) is 11.8 Å². The number of nitrogens with two attached hydrogens (primary N) is 1. The van der Waals surface area contributed by atoms with Crippen LogP contribution in [0.5, 0.6) is 0 Å². The molecule has 2 atom stereocenters. The normalized spacial score (nSPS) is 22.1. The van der Waals surface area contributed by atoms with Crippen LogP contribution in [0.3, 0.4) is 0 Å². The van der Waals surface area contributed by atoms with Gasteiger partial charge in [-0.05, 0) is 41.7 Å². The fraction of sp³-hybridized carbons (Fsp3) is 0.294. The summed E-state index contributed by atoms with van der Waals surface area (Å²) >= 11 is 3.35. The molecule has 0 heterocycles. The second kappa shape index (κ2) is 5.52. The van der Waals surface area contributed by atoms with Crippen molar-refractivity contribution >= 4 is 15.9 Å². The second-order valence-electron chi connectivity index (χ2n) is 5.59. The monoisotopic (exact) mass is 349 g/mol. The van der Waals surface area contributed by atoms with Gasteiger partial charge in [0.05, 0.1) is 6.10 Å². The first-order valence-corrected chi connectivity index (χ1v) is 7.79. The molecule has 0 bridgehead atoms. The number of fused-ring (bicyclic) bond motifs is 1. The average molecular weight is 350 g/mol. The Morgan fingerprint density at radius 1 is 1.29 bits per heavy atom. The molecule has 0 aliphatic heterocycles. The van der Waals surface area contributed by atoms with Gasteiger partial charge >= 0.3 is 0 Å². The summed E-state index contributed by atoms with van der Waals surface area (Å²) < 4.78 is 13.8. The minimum Gasteiger partial charge on any atom is -0.387 e. The Kier molecular flexibility index (Phi) is 3.86. The molecule has 0 saturated heterocycles. The predicted octanol–water partition coefficient (Wildman–Crippen LogP) is 3.46. The zero-order valence-electron chi connectivity index (χ0n) is 11.5. The van der Waals surface area contributed by atoms with Crippen molar-refractivity contribution in [2.24, 2.45) is 5.73 Å². The van der Waals surface area contributed by atoms with Crippen LogP contribution in [0.25, 0.3) is 0 Å². The molecule has 0 saturated carbocycles. The van der Waals surface area contributed by atoms with E-state index in [1.807, 2.05) is 18.2 Å². The van der Waals surface area contributed by atoms with Crippen molar-refractivity contribution in [1.82, 2.24) is 0 Å².